The van der Waals surface area contributed by atoms with Gasteiger partial charge >= 0.3 is 0 Å². The number of benzene rings is 1. The van der Waals surface area contributed by atoms with Crippen LogP contribution in [0.3, 0.4) is 0 Å². The Morgan fingerprint density at radius 2 is 2.00 bits per heavy atom. The maximum absolute atomic E-state index is 12.9. The molecule has 0 spiro atoms. The summed E-state index contributed by atoms with van der Waals surface area (Å²) in [6.45, 7) is 4.21. The summed E-state index contributed by atoms with van der Waals surface area (Å²) in [7, 11) is 0. The molecular weight excluding hydrogens is 477 g/mol. The van der Waals surface area contributed by atoms with Crippen LogP contribution < -0.4 is 10.1 Å². The molecule has 0 bridgehead atoms. The monoisotopic (exact) mass is 491 g/mol. The number of halogens is 3. The van der Waals surface area contributed by atoms with Gasteiger partial charge in [0.05, 0.1) is 5.02 Å². The highest BCUT2D eigenvalue weighted by Gasteiger charge is 2.59. The Labute approximate surface area is 196 Å². The summed E-state index contributed by atoms with van der Waals surface area (Å²) in [6, 6.07) is 11.1. The quantitative estimate of drug-likeness (QED) is 0.368. The van der Waals surface area contributed by atoms with Crippen molar-refractivity contribution in [3.05, 3.63) is 78.5 Å². The van der Waals surface area contributed by atoms with Gasteiger partial charge in [-0.05, 0) is 41.7 Å². The van der Waals surface area contributed by atoms with Crippen molar-refractivity contribution < 1.29 is 4.42 Å². The second kappa shape index (κ2) is 7.48. The SMILES string of the molecule is CC1(C)[C@@H](C=C(Cl)Cl)[C@@H]1c1nc2s/c(=C/c3ccc(-c4ccccc4Cl)o3)c(=O)n2n1. The Kier molecular flexibility index (Phi) is 5.01. The fraction of sp³-hybridized carbons (Fsp3) is 0.227. The van der Waals surface area contributed by atoms with Crippen LogP contribution in [0.2, 0.25) is 5.02 Å². The van der Waals surface area contributed by atoms with Gasteiger partial charge in [-0.3, -0.25) is 4.79 Å². The second-order valence-corrected chi connectivity index (χ2v) is 10.5. The molecule has 1 aliphatic carbocycles. The van der Waals surface area contributed by atoms with Crippen molar-refractivity contribution in [3.8, 4) is 11.3 Å². The standard InChI is InChI=1S/C22H16Cl3N3O2S/c1-22(2)13(10-17(24)25)18(22)19-26-21-28(27-19)20(29)16(31-21)9-11-7-8-15(30-11)12-5-3-4-6-14(12)23/h3-10,13,18H,1-2H3/b16-9+/t13-,18+/m0/s1. The first-order chi connectivity index (χ1) is 14.8. The molecule has 158 valence electrons. The number of hydrogen-bond acceptors (Lipinski definition) is 5. The van der Waals surface area contributed by atoms with Crippen molar-refractivity contribution >= 4 is 57.2 Å². The molecule has 0 radical (unpaired) electrons. The molecule has 3 aromatic heterocycles. The number of thiazole rings is 1. The van der Waals surface area contributed by atoms with Crippen LogP contribution in [0.15, 0.2) is 56.2 Å². The first kappa shape index (κ1) is 20.8. The lowest BCUT2D eigenvalue weighted by atomic mass is 10.1. The van der Waals surface area contributed by atoms with Crippen molar-refractivity contribution in [2.45, 2.75) is 19.8 Å². The van der Waals surface area contributed by atoms with Crippen LogP contribution >= 0.6 is 46.1 Å². The maximum atomic E-state index is 12.9. The summed E-state index contributed by atoms with van der Waals surface area (Å²) < 4.78 is 7.96. The molecule has 1 aromatic carbocycles. The topological polar surface area (TPSA) is 60.4 Å². The van der Waals surface area contributed by atoms with E-state index in [9.17, 15) is 4.79 Å². The molecule has 9 heteroatoms. The summed E-state index contributed by atoms with van der Waals surface area (Å²) in [6.07, 6.45) is 3.51. The first-order valence-electron chi connectivity index (χ1n) is 9.54. The van der Waals surface area contributed by atoms with E-state index in [-0.39, 0.29) is 27.3 Å². The molecular formula is C22H16Cl3N3O2S. The molecule has 0 aliphatic heterocycles. The van der Waals surface area contributed by atoms with Gasteiger partial charge in [-0.15, -0.1) is 5.10 Å². The van der Waals surface area contributed by atoms with Gasteiger partial charge in [-0.25, -0.2) is 4.98 Å². The lowest BCUT2D eigenvalue weighted by Crippen LogP contribution is -2.23. The lowest BCUT2D eigenvalue weighted by Gasteiger charge is -1.98. The van der Waals surface area contributed by atoms with Gasteiger partial charge < -0.3 is 4.42 Å². The summed E-state index contributed by atoms with van der Waals surface area (Å²) in [4.78, 5) is 18.0. The van der Waals surface area contributed by atoms with Crippen molar-refractivity contribution in [3.63, 3.8) is 0 Å². The Morgan fingerprint density at radius 1 is 1.23 bits per heavy atom. The van der Waals surface area contributed by atoms with Gasteiger partial charge in [0.2, 0.25) is 4.96 Å². The Balaban J connectivity index is 1.48. The maximum Gasteiger partial charge on any atom is 0.291 e. The van der Waals surface area contributed by atoms with Gasteiger partial charge in [0.15, 0.2) is 5.82 Å². The summed E-state index contributed by atoms with van der Waals surface area (Å²) in [5, 5.41) is 5.08. The van der Waals surface area contributed by atoms with E-state index in [0.717, 1.165) is 5.56 Å². The van der Waals surface area contributed by atoms with Crippen molar-refractivity contribution in [1.29, 1.82) is 0 Å². The normalized spacial score (nSPS) is 20.4. The van der Waals surface area contributed by atoms with Crippen LogP contribution in [0.1, 0.15) is 31.4 Å². The number of fused-ring (bicyclic) bond motifs is 1. The number of allylic oxidation sites excluding steroid dienone is 1. The molecule has 31 heavy (non-hydrogen) atoms. The molecule has 1 aliphatic rings. The van der Waals surface area contributed by atoms with Gasteiger partial charge in [0.1, 0.15) is 20.5 Å². The molecule has 0 amide bonds. The van der Waals surface area contributed by atoms with Crippen LogP contribution in [0.25, 0.3) is 22.4 Å². The third kappa shape index (κ3) is 3.61. The van der Waals surface area contributed by atoms with E-state index in [1.54, 1.807) is 18.2 Å². The predicted octanol–water partition coefficient (Wildman–Crippen LogP) is 5.67. The minimum Gasteiger partial charge on any atom is -0.457 e. The number of rotatable bonds is 4. The van der Waals surface area contributed by atoms with E-state index in [1.807, 2.05) is 30.3 Å². The third-order valence-corrected chi connectivity index (χ3v) is 7.27. The molecule has 3 heterocycles. The fourth-order valence-electron chi connectivity index (χ4n) is 3.96. The van der Waals surface area contributed by atoms with E-state index in [4.69, 9.17) is 39.2 Å². The van der Waals surface area contributed by atoms with E-state index in [1.165, 1.54) is 15.9 Å². The van der Waals surface area contributed by atoms with E-state index in [2.05, 4.69) is 23.9 Å². The summed E-state index contributed by atoms with van der Waals surface area (Å²) in [5.74, 6) is 2.04. The third-order valence-electron chi connectivity index (χ3n) is 5.73. The Morgan fingerprint density at radius 3 is 2.71 bits per heavy atom. The molecule has 0 N–H and O–H groups in total. The van der Waals surface area contributed by atoms with Crippen LogP contribution in [0, 0.1) is 11.3 Å². The van der Waals surface area contributed by atoms with Crippen LogP contribution in [-0.2, 0) is 0 Å². The predicted molar refractivity (Wildman–Crippen MR) is 125 cm³/mol. The van der Waals surface area contributed by atoms with Gasteiger partial charge in [0.25, 0.3) is 5.56 Å². The van der Waals surface area contributed by atoms with E-state index in [0.29, 0.717) is 31.9 Å². The zero-order chi connectivity index (χ0) is 21.9. The molecule has 1 saturated carbocycles. The molecule has 5 rings (SSSR count). The minimum atomic E-state index is -0.227. The second-order valence-electron chi connectivity index (χ2n) is 8.04. The van der Waals surface area contributed by atoms with Gasteiger partial charge in [0, 0.05) is 17.6 Å². The van der Waals surface area contributed by atoms with Crippen molar-refractivity contribution in [2.24, 2.45) is 11.3 Å². The van der Waals surface area contributed by atoms with Gasteiger partial charge in [-0.2, -0.15) is 4.52 Å². The average Bonchev–Trinajstić information content (AvgIpc) is 3.16. The lowest BCUT2D eigenvalue weighted by molar-refractivity contribution is 0.571. The number of aromatic nitrogens is 3. The number of nitrogens with zero attached hydrogens (tertiary/aromatic N) is 3. The highest BCUT2D eigenvalue weighted by atomic mass is 35.5. The summed E-state index contributed by atoms with van der Waals surface area (Å²) in [5.41, 5.74) is 0.509. The first-order valence-corrected chi connectivity index (χ1v) is 11.5. The van der Waals surface area contributed by atoms with Crippen LogP contribution in [0.5, 0.6) is 0 Å². The minimum absolute atomic E-state index is 0.0622. The highest BCUT2D eigenvalue weighted by Crippen LogP contribution is 2.64. The Hall–Kier alpha value is -2.12. The largest absolute Gasteiger partial charge is 0.457 e. The van der Waals surface area contributed by atoms with E-state index >= 15 is 0 Å². The number of furan rings is 1. The molecule has 0 unspecified atom stereocenters. The molecule has 1 fully saturated rings. The number of hydrogen-bond donors (Lipinski definition) is 0. The van der Waals surface area contributed by atoms with Crippen molar-refractivity contribution in [1.82, 2.24) is 14.6 Å². The summed E-state index contributed by atoms with van der Waals surface area (Å²) >= 11 is 19.2. The van der Waals surface area contributed by atoms with Crippen LogP contribution in [0.4, 0.5) is 0 Å². The van der Waals surface area contributed by atoms with Gasteiger partial charge in [-0.1, -0.05) is 72.1 Å². The molecule has 0 saturated heterocycles. The Bertz CT molecular complexity index is 1450. The van der Waals surface area contributed by atoms with E-state index < -0.39 is 0 Å². The zero-order valence-corrected chi connectivity index (χ0v) is 19.6. The average molecular weight is 493 g/mol. The zero-order valence-electron chi connectivity index (χ0n) is 16.5. The molecule has 5 nitrogen and oxygen atoms in total. The van der Waals surface area contributed by atoms with Crippen LogP contribution in [-0.4, -0.2) is 14.6 Å². The smallest absolute Gasteiger partial charge is 0.291 e. The molecule has 2 atom stereocenters. The molecule has 4 aromatic rings. The highest BCUT2D eigenvalue weighted by molar-refractivity contribution is 7.15. The fourth-order valence-corrected chi connectivity index (χ4v) is 5.36. The van der Waals surface area contributed by atoms with Crippen molar-refractivity contribution in [2.75, 3.05) is 0 Å².